The number of nitrogens with zero attached hydrogens (tertiary/aromatic N) is 1. The molecule has 0 aliphatic rings. The molecule has 0 heterocycles. The van der Waals surface area contributed by atoms with Crippen LogP contribution in [0.3, 0.4) is 0 Å². The Morgan fingerprint density at radius 2 is 1.52 bits per heavy atom. The van der Waals surface area contributed by atoms with Crippen LogP contribution in [-0.2, 0) is 9.84 Å². The van der Waals surface area contributed by atoms with Crippen molar-refractivity contribution in [1.82, 2.24) is 0 Å². The number of rotatable bonds is 7. The quantitative estimate of drug-likeness (QED) is 0.526. The molecule has 27 heavy (non-hydrogen) atoms. The van der Waals surface area contributed by atoms with Crippen molar-refractivity contribution in [3.05, 3.63) is 62.7 Å². The van der Waals surface area contributed by atoms with E-state index in [1.165, 1.54) is 45.6 Å². The number of hydrogen-bond donors (Lipinski definition) is 0. The molecule has 0 aliphatic heterocycles. The molecule has 0 radical (unpaired) electrons. The predicted molar refractivity (Wildman–Crippen MR) is 99.4 cm³/mol. The summed E-state index contributed by atoms with van der Waals surface area (Å²) in [5.41, 5.74) is 0.947. The van der Waals surface area contributed by atoms with Crippen molar-refractivity contribution in [2.45, 2.75) is 11.8 Å². The largest absolute Gasteiger partial charge is 0.496 e. The molecule has 2 aromatic carbocycles. The Kier molecular flexibility index (Phi) is 6.06. The minimum absolute atomic E-state index is 0.114. The Morgan fingerprint density at radius 3 is 1.93 bits per heavy atom. The summed E-state index contributed by atoms with van der Waals surface area (Å²) in [6.07, 6.45) is 0.923. The number of methoxy groups -OCH3 is 3. The number of benzene rings is 2. The topological polar surface area (TPSA) is 105 Å². The van der Waals surface area contributed by atoms with Gasteiger partial charge < -0.3 is 14.2 Å². The van der Waals surface area contributed by atoms with Gasteiger partial charge in [0.15, 0.2) is 0 Å². The zero-order valence-corrected chi connectivity index (χ0v) is 16.1. The SMILES string of the molecule is COc1cc(OC)c(/C=C(\[N+](=O)[O-])S(=O)(=O)c2ccc(C)cc2)c(OC)c1. The van der Waals surface area contributed by atoms with Crippen LogP contribution in [0.4, 0.5) is 0 Å². The second-order valence-electron chi connectivity index (χ2n) is 5.50. The van der Waals surface area contributed by atoms with Crippen LogP contribution in [0.5, 0.6) is 17.2 Å². The van der Waals surface area contributed by atoms with Crippen LogP contribution in [0, 0.1) is 17.0 Å². The van der Waals surface area contributed by atoms with Gasteiger partial charge in [-0.25, -0.2) is 8.42 Å². The lowest BCUT2D eigenvalue weighted by atomic mass is 10.1. The van der Waals surface area contributed by atoms with E-state index in [9.17, 15) is 18.5 Å². The Balaban J connectivity index is 2.72. The van der Waals surface area contributed by atoms with E-state index in [4.69, 9.17) is 14.2 Å². The summed E-state index contributed by atoms with van der Waals surface area (Å²) in [6.45, 7) is 1.79. The van der Waals surface area contributed by atoms with Crippen molar-refractivity contribution in [2.75, 3.05) is 21.3 Å². The normalized spacial score (nSPS) is 11.8. The summed E-state index contributed by atoms with van der Waals surface area (Å²) in [5.74, 6) is 0.735. The van der Waals surface area contributed by atoms with E-state index in [2.05, 4.69) is 0 Å². The molecule has 0 amide bonds. The number of nitro groups is 1. The van der Waals surface area contributed by atoms with E-state index in [0.29, 0.717) is 5.75 Å². The third kappa shape index (κ3) is 4.20. The molecular formula is C18H19NO7S. The van der Waals surface area contributed by atoms with Crippen molar-refractivity contribution in [3.63, 3.8) is 0 Å². The van der Waals surface area contributed by atoms with Crippen LogP contribution < -0.4 is 14.2 Å². The molecule has 0 aliphatic carbocycles. The monoisotopic (exact) mass is 393 g/mol. The van der Waals surface area contributed by atoms with Crippen LogP contribution in [-0.4, -0.2) is 34.7 Å². The molecule has 0 saturated carbocycles. The molecule has 0 saturated heterocycles. The highest BCUT2D eigenvalue weighted by Gasteiger charge is 2.32. The van der Waals surface area contributed by atoms with Gasteiger partial charge in [-0.05, 0) is 19.1 Å². The Labute approximate surface area is 157 Å². The van der Waals surface area contributed by atoms with Crippen molar-refractivity contribution < 1.29 is 27.6 Å². The lowest BCUT2D eigenvalue weighted by Crippen LogP contribution is -2.13. The molecule has 0 spiro atoms. The maximum Gasteiger partial charge on any atom is 0.364 e. The first-order valence-corrected chi connectivity index (χ1v) is 9.20. The second-order valence-corrected chi connectivity index (χ2v) is 7.40. The van der Waals surface area contributed by atoms with Gasteiger partial charge >= 0.3 is 5.03 Å². The molecule has 144 valence electrons. The molecule has 0 atom stereocenters. The number of hydrogen-bond acceptors (Lipinski definition) is 7. The van der Waals surface area contributed by atoms with Crippen LogP contribution in [0.15, 0.2) is 46.3 Å². The predicted octanol–water partition coefficient (Wildman–Crippen LogP) is 3.07. The molecule has 2 aromatic rings. The van der Waals surface area contributed by atoms with Gasteiger partial charge in [-0.3, -0.25) is 10.1 Å². The van der Waals surface area contributed by atoms with Crippen LogP contribution in [0.25, 0.3) is 6.08 Å². The van der Waals surface area contributed by atoms with E-state index >= 15 is 0 Å². The molecule has 0 aromatic heterocycles. The van der Waals surface area contributed by atoms with E-state index < -0.39 is 19.8 Å². The molecule has 8 nitrogen and oxygen atoms in total. The molecule has 0 N–H and O–H groups in total. The molecule has 9 heteroatoms. The van der Waals surface area contributed by atoms with Gasteiger partial charge in [0.1, 0.15) is 17.2 Å². The standard InChI is InChI=1S/C18H19NO7S/c1-12-5-7-14(8-6-12)27(22,23)18(19(20)21)11-15-16(25-3)9-13(24-2)10-17(15)26-4/h5-11H,1-4H3/b18-11+. The molecule has 0 fully saturated rings. The summed E-state index contributed by atoms with van der Waals surface area (Å²) < 4.78 is 41.2. The summed E-state index contributed by atoms with van der Waals surface area (Å²) in [7, 11) is -0.217. The third-order valence-corrected chi connectivity index (χ3v) is 5.52. The van der Waals surface area contributed by atoms with Crippen molar-refractivity contribution >= 4 is 15.9 Å². The minimum atomic E-state index is -4.36. The maximum absolute atomic E-state index is 12.8. The summed E-state index contributed by atoms with van der Waals surface area (Å²) in [4.78, 5) is 10.4. The zero-order valence-electron chi connectivity index (χ0n) is 15.3. The van der Waals surface area contributed by atoms with Gasteiger partial charge in [0, 0.05) is 18.2 Å². The van der Waals surface area contributed by atoms with Gasteiger partial charge in [0.05, 0.1) is 36.7 Å². The van der Waals surface area contributed by atoms with Crippen molar-refractivity contribution in [1.29, 1.82) is 0 Å². The average Bonchev–Trinajstić information content (AvgIpc) is 2.65. The van der Waals surface area contributed by atoms with E-state index in [0.717, 1.165) is 11.6 Å². The van der Waals surface area contributed by atoms with Gasteiger partial charge in [-0.1, -0.05) is 17.7 Å². The first kappa shape index (κ1) is 20.2. The fourth-order valence-electron chi connectivity index (χ4n) is 2.36. The first-order chi connectivity index (χ1) is 12.7. The molecule has 0 unspecified atom stereocenters. The average molecular weight is 393 g/mol. The number of ether oxygens (including phenoxy) is 3. The van der Waals surface area contributed by atoms with E-state index in [1.807, 2.05) is 0 Å². The van der Waals surface area contributed by atoms with Gasteiger partial charge in [0.25, 0.3) is 9.84 Å². The highest BCUT2D eigenvalue weighted by molar-refractivity contribution is 7.95. The Bertz CT molecular complexity index is 954. The van der Waals surface area contributed by atoms with Crippen molar-refractivity contribution in [2.24, 2.45) is 0 Å². The second kappa shape index (κ2) is 8.09. The Morgan fingerprint density at radius 1 is 1.00 bits per heavy atom. The fourth-order valence-corrected chi connectivity index (χ4v) is 3.57. The van der Waals surface area contributed by atoms with E-state index in [-0.39, 0.29) is 22.0 Å². The minimum Gasteiger partial charge on any atom is -0.496 e. The smallest absolute Gasteiger partial charge is 0.364 e. The van der Waals surface area contributed by atoms with Gasteiger partial charge in [-0.2, -0.15) is 0 Å². The molecule has 2 rings (SSSR count). The van der Waals surface area contributed by atoms with Crippen LogP contribution in [0.1, 0.15) is 11.1 Å². The first-order valence-electron chi connectivity index (χ1n) is 7.72. The lowest BCUT2D eigenvalue weighted by Gasteiger charge is -2.12. The molecule has 0 bridgehead atoms. The number of aryl methyl sites for hydroxylation is 1. The zero-order chi connectivity index (χ0) is 20.2. The summed E-state index contributed by atoms with van der Waals surface area (Å²) in [6, 6.07) is 8.74. The third-order valence-electron chi connectivity index (χ3n) is 3.81. The fraction of sp³-hybridized carbons (Fsp3) is 0.222. The highest BCUT2D eigenvalue weighted by Crippen LogP contribution is 2.37. The molecular weight excluding hydrogens is 374 g/mol. The Hall–Kier alpha value is -3.07. The maximum atomic E-state index is 12.8. The summed E-state index contributed by atoms with van der Waals surface area (Å²) >= 11 is 0. The van der Waals surface area contributed by atoms with Gasteiger partial charge in [-0.15, -0.1) is 0 Å². The number of sulfone groups is 1. The highest BCUT2D eigenvalue weighted by atomic mass is 32.2. The van der Waals surface area contributed by atoms with Gasteiger partial charge in [0.2, 0.25) is 0 Å². The van der Waals surface area contributed by atoms with E-state index in [1.54, 1.807) is 19.1 Å². The lowest BCUT2D eigenvalue weighted by molar-refractivity contribution is -0.410. The van der Waals surface area contributed by atoms with Crippen LogP contribution in [0.2, 0.25) is 0 Å². The summed E-state index contributed by atoms with van der Waals surface area (Å²) in [5, 5.41) is 10.6. The van der Waals surface area contributed by atoms with Crippen LogP contribution >= 0.6 is 0 Å². The van der Waals surface area contributed by atoms with Crippen molar-refractivity contribution in [3.8, 4) is 17.2 Å².